The predicted octanol–water partition coefficient (Wildman–Crippen LogP) is 4.03. The van der Waals surface area contributed by atoms with E-state index in [9.17, 15) is 0 Å². The van der Waals surface area contributed by atoms with E-state index in [-0.39, 0.29) is 6.61 Å². The number of aromatic nitrogens is 2. The quantitative estimate of drug-likeness (QED) is 0.583. The van der Waals surface area contributed by atoms with Crippen molar-refractivity contribution in [1.82, 2.24) is 9.97 Å². The number of aliphatic hydroxyl groups excluding tert-OH is 1. The van der Waals surface area contributed by atoms with E-state index in [0.717, 1.165) is 21.5 Å². The molecule has 21 heavy (non-hydrogen) atoms. The minimum absolute atomic E-state index is 0.109. The molecule has 0 unspecified atom stereocenters. The first-order valence-corrected chi connectivity index (χ1v) is 7.90. The molecular weight excluding hydrogens is 304 g/mol. The number of fused-ring (bicyclic) bond motifs is 1. The highest BCUT2D eigenvalue weighted by molar-refractivity contribution is 7.99. The van der Waals surface area contributed by atoms with Crippen LogP contribution in [0.5, 0.6) is 0 Å². The van der Waals surface area contributed by atoms with Crippen LogP contribution in [0.25, 0.3) is 22.3 Å². The largest absolute Gasteiger partial charge is 0.396 e. The SMILES string of the molecule is OCCSc1nc(-c2ccccc2)nc2ccc(Cl)cc12. The summed E-state index contributed by atoms with van der Waals surface area (Å²) in [4.78, 5) is 9.24. The lowest BCUT2D eigenvalue weighted by Gasteiger charge is -2.08. The number of thioether (sulfide) groups is 1. The molecule has 0 aliphatic heterocycles. The third kappa shape index (κ3) is 3.18. The molecule has 0 atom stereocenters. The van der Waals surface area contributed by atoms with E-state index < -0.39 is 0 Å². The van der Waals surface area contributed by atoms with Gasteiger partial charge < -0.3 is 5.11 Å². The third-order valence-corrected chi connectivity index (χ3v) is 4.19. The number of benzene rings is 2. The molecule has 0 saturated heterocycles. The van der Waals surface area contributed by atoms with Crippen LogP contribution in [0.15, 0.2) is 53.6 Å². The van der Waals surface area contributed by atoms with E-state index in [1.54, 1.807) is 0 Å². The summed E-state index contributed by atoms with van der Waals surface area (Å²) in [6.45, 7) is 0.109. The smallest absolute Gasteiger partial charge is 0.161 e. The van der Waals surface area contributed by atoms with Gasteiger partial charge in [0.1, 0.15) is 5.03 Å². The molecule has 0 saturated carbocycles. The van der Waals surface area contributed by atoms with Crippen molar-refractivity contribution in [1.29, 1.82) is 0 Å². The molecule has 1 N–H and O–H groups in total. The van der Waals surface area contributed by atoms with Gasteiger partial charge in [-0.05, 0) is 18.2 Å². The number of nitrogens with zero attached hydrogens (tertiary/aromatic N) is 2. The average molecular weight is 317 g/mol. The van der Waals surface area contributed by atoms with Crippen molar-refractivity contribution in [2.75, 3.05) is 12.4 Å². The van der Waals surface area contributed by atoms with Crippen LogP contribution in [-0.4, -0.2) is 27.4 Å². The molecule has 0 bridgehead atoms. The van der Waals surface area contributed by atoms with Gasteiger partial charge in [0, 0.05) is 21.7 Å². The van der Waals surface area contributed by atoms with Crippen molar-refractivity contribution in [2.24, 2.45) is 0 Å². The lowest BCUT2D eigenvalue weighted by atomic mass is 10.2. The van der Waals surface area contributed by atoms with E-state index >= 15 is 0 Å². The lowest BCUT2D eigenvalue weighted by Crippen LogP contribution is -1.95. The van der Waals surface area contributed by atoms with Crippen molar-refractivity contribution >= 4 is 34.3 Å². The first kappa shape index (κ1) is 14.3. The Labute approximate surface area is 132 Å². The van der Waals surface area contributed by atoms with Crippen LogP contribution in [0.4, 0.5) is 0 Å². The summed E-state index contributed by atoms with van der Waals surface area (Å²) in [7, 11) is 0. The fraction of sp³-hybridized carbons (Fsp3) is 0.125. The second-order valence-electron chi connectivity index (χ2n) is 4.45. The molecule has 3 nitrogen and oxygen atoms in total. The highest BCUT2D eigenvalue weighted by atomic mass is 35.5. The molecule has 0 spiro atoms. The fourth-order valence-electron chi connectivity index (χ4n) is 2.04. The molecule has 3 aromatic rings. The molecule has 0 radical (unpaired) electrons. The minimum Gasteiger partial charge on any atom is -0.396 e. The van der Waals surface area contributed by atoms with Crippen LogP contribution < -0.4 is 0 Å². The predicted molar refractivity (Wildman–Crippen MR) is 87.8 cm³/mol. The van der Waals surface area contributed by atoms with E-state index in [4.69, 9.17) is 16.7 Å². The maximum Gasteiger partial charge on any atom is 0.161 e. The Kier molecular flexibility index (Phi) is 4.39. The Hall–Kier alpha value is -1.62. The number of hydrogen-bond acceptors (Lipinski definition) is 4. The van der Waals surface area contributed by atoms with Crippen LogP contribution in [0, 0.1) is 0 Å². The molecule has 2 aromatic carbocycles. The summed E-state index contributed by atoms with van der Waals surface area (Å²) in [6, 6.07) is 15.4. The van der Waals surface area contributed by atoms with Gasteiger partial charge in [0.05, 0.1) is 12.1 Å². The highest BCUT2D eigenvalue weighted by Crippen LogP contribution is 2.30. The number of aliphatic hydroxyl groups is 1. The van der Waals surface area contributed by atoms with Crippen molar-refractivity contribution in [3.8, 4) is 11.4 Å². The van der Waals surface area contributed by atoms with Gasteiger partial charge in [-0.2, -0.15) is 0 Å². The molecule has 1 heterocycles. The Morgan fingerprint density at radius 1 is 1.05 bits per heavy atom. The zero-order chi connectivity index (χ0) is 14.7. The molecule has 106 valence electrons. The third-order valence-electron chi connectivity index (χ3n) is 2.98. The Morgan fingerprint density at radius 2 is 1.86 bits per heavy atom. The van der Waals surface area contributed by atoms with Crippen LogP contribution in [0.2, 0.25) is 5.02 Å². The van der Waals surface area contributed by atoms with Crippen molar-refractivity contribution < 1.29 is 5.11 Å². The molecule has 0 aliphatic carbocycles. The molecule has 3 rings (SSSR count). The summed E-state index contributed by atoms with van der Waals surface area (Å²) in [5.41, 5.74) is 1.83. The van der Waals surface area contributed by atoms with Crippen molar-refractivity contribution in [2.45, 2.75) is 5.03 Å². The van der Waals surface area contributed by atoms with Gasteiger partial charge in [0.2, 0.25) is 0 Å². The van der Waals surface area contributed by atoms with Gasteiger partial charge in [-0.15, -0.1) is 11.8 Å². The number of halogens is 1. The zero-order valence-electron chi connectivity index (χ0n) is 11.2. The van der Waals surface area contributed by atoms with Gasteiger partial charge in [0.15, 0.2) is 5.82 Å². The molecule has 0 fully saturated rings. The maximum absolute atomic E-state index is 9.05. The average Bonchev–Trinajstić information content (AvgIpc) is 2.53. The number of rotatable bonds is 4. The molecule has 1 aromatic heterocycles. The van der Waals surface area contributed by atoms with E-state index in [2.05, 4.69) is 9.97 Å². The Morgan fingerprint density at radius 3 is 2.62 bits per heavy atom. The summed E-state index contributed by atoms with van der Waals surface area (Å²) in [5.74, 6) is 1.28. The topological polar surface area (TPSA) is 46.0 Å². The van der Waals surface area contributed by atoms with Gasteiger partial charge in [-0.25, -0.2) is 9.97 Å². The lowest BCUT2D eigenvalue weighted by molar-refractivity contribution is 0.322. The molecule has 0 amide bonds. The number of hydrogen-bond donors (Lipinski definition) is 1. The fourth-order valence-corrected chi connectivity index (χ4v) is 2.97. The molecular formula is C16H13ClN2OS. The van der Waals surface area contributed by atoms with E-state index in [1.165, 1.54) is 11.8 Å². The van der Waals surface area contributed by atoms with Gasteiger partial charge in [0.25, 0.3) is 0 Å². The molecule has 0 aliphatic rings. The van der Waals surface area contributed by atoms with Gasteiger partial charge in [-0.1, -0.05) is 41.9 Å². The Balaban J connectivity index is 2.17. The molecule has 5 heteroatoms. The highest BCUT2D eigenvalue weighted by Gasteiger charge is 2.10. The van der Waals surface area contributed by atoms with Crippen molar-refractivity contribution in [3.05, 3.63) is 53.6 Å². The first-order valence-electron chi connectivity index (χ1n) is 6.54. The van der Waals surface area contributed by atoms with Crippen LogP contribution >= 0.6 is 23.4 Å². The Bertz CT molecular complexity index is 765. The second-order valence-corrected chi connectivity index (χ2v) is 5.97. The minimum atomic E-state index is 0.109. The summed E-state index contributed by atoms with van der Waals surface area (Å²) in [5, 5.41) is 11.5. The van der Waals surface area contributed by atoms with Crippen LogP contribution in [-0.2, 0) is 0 Å². The summed E-state index contributed by atoms with van der Waals surface area (Å²) < 4.78 is 0. The summed E-state index contributed by atoms with van der Waals surface area (Å²) >= 11 is 7.57. The first-order chi connectivity index (χ1) is 10.3. The van der Waals surface area contributed by atoms with Gasteiger partial charge in [-0.3, -0.25) is 0 Å². The second kappa shape index (κ2) is 6.43. The summed E-state index contributed by atoms with van der Waals surface area (Å²) in [6.07, 6.45) is 0. The zero-order valence-corrected chi connectivity index (χ0v) is 12.7. The standard InChI is InChI=1S/C16H13ClN2OS/c17-12-6-7-14-13(10-12)16(21-9-8-20)19-15(18-14)11-4-2-1-3-5-11/h1-7,10,20H,8-9H2. The van der Waals surface area contributed by atoms with Crippen molar-refractivity contribution in [3.63, 3.8) is 0 Å². The van der Waals surface area contributed by atoms with E-state index in [1.807, 2.05) is 48.5 Å². The van der Waals surface area contributed by atoms with Crippen LogP contribution in [0.3, 0.4) is 0 Å². The monoisotopic (exact) mass is 316 g/mol. The van der Waals surface area contributed by atoms with E-state index in [0.29, 0.717) is 16.6 Å². The normalized spacial score (nSPS) is 11.0. The van der Waals surface area contributed by atoms with Gasteiger partial charge >= 0.3 is 0 Å². The van der Waals surface area contributed by atoms with Crippen LogP contribution in [0.1, 0.15) is 0 Å². The maximum atomic E-state index is 9.05.